The number of alkyl halides is 3. The summed E-state index contributed by atoms with van der Waals surface area (Å²) in [5, 5.41) is 14.6. The van der Waals surface area contributed by atoms with E-state index < -0.39 is 54.0 Å². The fourth-order valence-electron chi connectivity index (χ4n) is 7.27. The number of carbonyl (C=O) groups is 2. The number of halogens is 5. The van der Waals surface area contributed by atoms with E-state index in [0.29, 0.717) is 55.8 Å². The van der Waals surface area contributed by atoms with Gasteiger partial charge in [-0.1, -0.05) is 60.7 Å². The lowest BCUT2D eigenvalue weighted by molar-refractivity contribution is -0.164. The summed E-state index contributed by atoms with van der Waals surface area (Å²) in [5.74, 6) is -8.67. The monoisotopic (exact) mass is 858 g/mol. The molecule has 15 heteroatoms. The molecule has 8 rings (SSSR count). The Morgan fingerprint density at radius 1 is 0.587 bits per heavy atom. The molecule has 5 unspecified atom stereocenters. The van der Waals surface area contributed by atoms with E-state index in [9.17, 15) is 18.4 Å². The maximum absolute atomic E-state index is 15.7. The van der Waals surface area contributed by atoms with Crippen molar-refractivity contribution in [1.82, 2.24) is 30.2 Å². The van der Waals surface area contributed by atoms with Crippen LogP contribution < -0.4 is 20.1 Å². The minimum atomic E-state index is -4.80. The van der Waals surface area contributed by atoms with Gasteiger partial charge in [0.2, 0.25) is 0 Å². The van der Waals surface area contributed by atoms with Crippen molar-refractivity contribution in [1.29, 1.82) is 0 Å². The molecular formula is C48H39F5N6O4. The second kappa shape index (κ2) is 17.8. The van der Waals surface area contributed by atoms with E-state index in [-0.39, 0.29) is 5.82 Å². The van der Waals surface area contributed by atoms with Gasteiger partial charge in [-0.3, -0.25) is 9.59 Å². The Morgan fingerprint density at radius 2 is 1.00 bits per heavy atom. The number of aromatic nitrogens is 4. The normalized spacial score (nSPS) is 14.1. The van der Waals surface area contributed by atoms with Crippen LogP contribution in [-0.2, 0) is 9.59 Å². The van der Waals surface area contributed by atoms with E-state index in [1.54, 1.807) is 143 Å². The van der Waals surface area contributed by atoms with Crippen molar-refractivity contribution in [3.05, 3.63) is 181 Å². The number of benzene rings is 6. The van der Waals surface area contributed by atoms with E-state index in [0.717, 1.165) is 0 Å². The summed E-state index contributed by atoms with van der Waals surface area (Å²) in [6, 6.07) is 36.7. The number of ether oxygens (including phenoxy) is 2. The quantitative estimate of drug-likeness (QED) is 0.0994. The molecule has 0 aliphatic rings. The lowest BCUT2D eigenvalue weighted by Crippen LogP contribution is -2.56. The average Bonchev–Trinajstić information content (AvgIpc) is 3.92. The molecule has 2 amide bonds. The van der Waals surface area contributed by atoms with Gasteiger partial charge in [-0.2, -0.15) is 19.0 Å². The van der Waals surface area contributed by atoms with Crippen molar-refractivity contribution in [3.8, 4) is 22.9 Å². The second-order valence-electron chi connectivity index (χ2n) is 15.0. The number of nitrogens with zero attached hydrogens (tertiary/aromatic N) is 4. The summed E-state index contributed by atoms with van der Waals surface area (Å²) < 4.78 is 90.0. The minimum absolute atomic E-state index is 0.315. The van der Waals surface area contributed by atoms with Crippen LogP contribution in [0.1, 0.15) is 37.2 Å². The molecule has 320 valence electrons. The van der Waals surface area contributed by atoms with Crippen molar-refractivity contribution < 1.29 is 41.0 Å². The van der Waals surface area contributed by atoms with Crippen molar-refractivity contribution in [2.45, 2.75) is 50.2 Å². The zero-order valence-corrected chi connectivity index (χ0v) is 33.7. The number of rotatable bonds is 15. The lowest BCUT2D eigenvalue weighted by Gasteiger charge is -2.30. The molecule has 10 nitrogen and oxygen atoms in total. The number of nitrogens with one attached hydrogen (secondary N) is 2. The molecule has 2 aromatic heterocycles. The van der Waals surface area contributed by atoms with Crippen LogP contribution in [0.2, 0.25) is 0 Å². The Balaban J connectivity index is 0.955. The van der Waals surface area contributed by atoms with Crippen LogP contribution in [0, 0.1) is 11.6 Å². The fraction of sp³-hybridized carbons (Fsp3) is 0.167. The van der Waals surface area contributed by atoms with E-state index in [1.807, 2.05) is 0 Å². The van der Waals surface area contributed by atoms with Crippen LogP contribution in [-0.4, -0.2) is 55.6 Å². The van der Waals surface area contributed by atoms with Crippen LogP contribution in [0.5, 0.6) is 11.5 Å². The fourth-order valence-corrected chi connectivity index (χ4v) is 7.27. The highest BCUT2D eigenvalue weighted by molar-refractivity contribution is 5.93. The van der Waals surface area contributed by atoms with Gasteiger partial charge in [0.1, 0.15) is 35.3 Å². The maximum Gasteiger partial charge on any atom is 0.363 e. The Labute approximate surface area is 357 Å². The van der Waals surface area contributed by atoms with E-state index in [1.165, 1.54) is 38.1 Å². The molecule has 0 saturated carbocycles. The van der Waals surface area contributed by atoms with Crippen LogP contribution in [0.25, 0.3) is 33.2 Å². The Hall–Kier alpha value is -7.55. The third-order valence-corrected chi connectivity index (χ3v) is 10.5. The highest BCUT2D eigenvalue weighted by Gasteiger charge is 2.53. The molecule has 2 heterocycles. The van der Waals surface area contributed by atoms with Crippen molar-refractivity contribution in [3.63, 3.8) is 0 Å². The number of carbonyl (C=O) groups excluding carboxylic acids is 2. The average molecular weight is 859 g/mol. The molecular weight excluding hydrogens is 820 g/mol. The van der Waals surface area contributed by atoms with Crippen LogP contribution >= 0.6 is 0 Å². The Bertz CT molecular complexity index is 2860. The molecule has 0 aliphatic carbocycles. The minimum Gasteiger partial charge on any atom is -0.484 e. The lowest BCUT2D eigenvalue weighted by atomic mass is 10.0. The summed E-state index contributed by atoms with van der Waals surface area (Å²) in [7, 11) is 0. The number of fused-ring (bicyclic) bond motifs is 2. The first-order valence-electron chi connectivity index (χ1n) is 19.9. The van der Waals surface area contributed by atoms with Crippen LogP contribution in [0.4, 0.5) is 22.0 Å². The van der Waals surface area contributed by atoms with Crippen molar-refractivity contribution in [2.24, 2.45) is 0 Å². The number of hydrogen-bond donors (Lipinski definition) is 2. The standard InChI is InChI=1S/C48H39F5N6O4/c1-29(43(31-9-5-3-6-10-31)62-39-21-23-41-33(25-39)27-54-58(41)37-17-13-35(49)14-18-37)56-46(60)45(51)48(52,53)47(61)57-30(2)44(32-11-7-4-8-12-32)63-40-22-24-42-34(26-40)28-55-59(42)38-19-15-36(50)16-20-38/h3-30,43-45H,1-2H3,(H,56,60)(H,57,61). The van der Waals surface area contributed by atoms with E-state index in [2.05, 4.69) is 20.8 Å². The molecule has 8 aromatic rings. The number of amides is 2. The van der Waals surface area contributed by atoms with Gasteiger partial charge >= 0.3 is 5.92 Å². The SMILES string of the molecule is CC(NC(=O)C(F)C(F)(F)C(=O)NC(C)C(Oc1ccc2c(cnn2-c2ccc(F)cc2)c1)c1ccccc1)C(Oc1ccc2c(cnn2-c2ccc(F)cc2)c1)c1ccccc1. The van der Waals surface area contributed by atoms with Gasteiger partial charge in [-0.15, -0.1) is 0 Å². The summed E-state index contributed by atoms with van der Waals surface area (Å²) in [4.78, 5) is 26.5. The van der Waals surface area contributed by atoms with Crippen molar-refractivity contribution in [2.75, 3.05) is 0 Å². The first-order chi connectivity index (χ1) is 30.3. The molecule has 0 bridgehead atoms. The van der Waals surface area contributed by atoms with Gasteiger partial charge in [0.15, 0.2) is 0 Å². The smallest absolute Gasteiger partial charge is 0.363 e. The zero-order valence-electron chi connectivity index (χ0n) is 33.7. The van der Waals surface area contributed by atoms with Gasteiger partial charge in [0, 0.05) is 10.8 Å². The van der Waals surface area contributed by atoms with Crippen LogP contribution in [0.15, 0.2) is 158 Å². The zero-order chi connectivity index (χ0) is 44.3. The van der Waals surface area contributed by atoms with Crippen LogP contribution in [0.3, 0.4) is 0 Å². The van der Waals surface area contributed by atoms with Gasteiger partial charge in [-0.25, -0.2) is 22.5 Å². The highest BCUT2D eigenvalue weighted by atomic mass is 19.3. The molecule has 0 saturated heterocycles. The van der Waals surface area contributed by atoms with E-state index >= 15 is 13.2 Å². The molecule has 0 fully saturated rings. The topological polar surface area (TPSA) is 112 Å². The predicted octanol–water partition coefficient (Wildman–Crippen LogP) is 9.57. The predicted molar refractivity (Wildman–Crippen MR) is 227 cm³/mol. The number of hydrogen-bond acceptors (Lipinski definition) is 6. The summed E-state index contributed by atoms with van der Waals surface area (Å²) >= 11 is 0. The maximum atomic E-state index is 15.7. The molecule has 6 aromatic carbocycles. The Morgan fingerprint density at radius 3 is 1.43 bits per heavy atom. The molecule has 0 aliphatic heterocycles. The highest BCUT2D eigenvalue weighted by Crippen LogP contribution is 2.32. The van der Waals surface area contributed by atoms with E-state index in [4.69, 9.17) is 9.47 Å². The van der Waals surface area contributed by atoms with Gasteiger partial charge in [0.25, 0.3) is 18.0 Å². The summed E-state index contributed by atoms with van der Waals surface area (Å²) in [6.07, 6.45) is -2.42. The largest absolute Gasteiger partial charge is 0.484 e. The summed E-state index contributed by atoms with van der Waals surface area (Å²) in [5.41, 5.74) is 3.70. The Kier molecular flexibility index (Phi) is 11.9. The third kappa shape index (κ3) is 9.08. The molecule has 0 radical (unpaired) electrons. The van der Waals surface area contributed by atoms with Gasteiger partial charge < -0.3 is 20.1 Å². The van der Waals surface area contributed by atoms with Crippen molar-refractivity contribution >= 4 is 33.6 Å². The molecule has 5 atom stereocenters. The first-order valence-corrected chi connectivity index (χ1v) is 19.9. The molecule has 0 spiro atoms. The third-order valence-electron chi connectivity index (χ3n) is 10.5. The van der Waals surface area contributed by atoms with Gasteiger partial charge in [-0.05, 0) is 110 Å². The molecule has 2 N–H and O–H groups in total. The summed E-state index contributed by atoms with van der Waals surface area (Å²) in [6.45, 7) is 2.90. The molecule has 63 heavy (non-hydrogen) atoms. The van der Waals surface area contributed by atoms with Gasteiger partial charge in [0.05, 0.1) is 46.9 Å². The first kappa shape index (κ1) is 42.2. The second-order valence-corrected chi connectivity index (χ2v) is 15.0.